The van der Waals surface area contributed by atoms with E-state index in [1.54, 1.807) is 19.2 Å². The highest BCUT2D eigenvalue weighted by atomic mass is 19.1. The maximum Gasteiger partial charge on any atom is 0.256 e. The lowest BCUT2D eigenvalue weighted by Crippen LogP contribution is -2.40. The van der Waals surface area contributed by atoms with Crippen molar-refractivity contribution in [2.45, 2.75) is 20.8 Å². The van der Waals surface area contributed by atoms with Crippen molar-refractivity contribution in [3.63, 3.8) is 0 Å². The van der Waals surface area contributed by atoms with Gasteiger partial charge in [-0.15, -0.1) is 0 Å². The Kier molecular flexibility index (Phi) is 4.46. The molecule has 1 rings (SSSR count). The maximum absolute atomic E-state index is 13.6. The van der Waals surface area contributed by atoms with Crippen LogP contribution in [0.2, 0.25) is 0 Å². The molecule has 0 aliphatic heterocycles. The van der Waals surface area contributed by atoms with Crippen LogP contribution in [0.25, 0.3) is 0 Å². The van der Waals surface area contributed by atoms with Crippen molar-refractivity contribution in [3.8, 4) is 0 Å². The number of hydrogen-bond acceptors (Lipinski definition) is 2. The van der Waals surface area contributed by atoms with Crippen molar-refractivity contribution < 1.29 is 9.18 Å². The smallest absolute Gasteiger partial charge is 0.256 e. The van der Waals surface area contributed by atoms with Crippen molar-refractivity contribution in [2.24, 2.45) is 11.1 Å². The lowest BCUT2D eigenvalue weighted by Gasteiger charge is -2.29. The average Bonchev–Trinajstić information content (AvgIpc) is 2.31. The summed E-state index contributed by atoms with van der Waals surface area (Å²) < 4.78 is 13.6. The molecule has 18 heavy (non-hydrogen) atoms. The Labute approximate surface area is 108 Å². The number of amides is 1. The molecule has 0 radical (unpaired) electrons. The van der Waals surface area contributed by atoms with Crippen LogP contribution in [0.3, 0.4) is 0 Å². The van der Waals surface area contributed by atoms with Crippen LogP contribution in [-0.2, 0) is 0 Å². The predicted molar refractivity (Wildman–Crippen MR) is 70.9 cm³/mol. The molecule has 0 atom stereocenters. The fourth-order valence-electron chi connectivity index (χ4n) is 1.79. The predicted octanol–water partition coefficient (Wildman–Crippen LogP) is 2.19. The number of rotatable bonds is 4. The normalized spacial score (nSPS) is 11.4. The number of carbonyl (C=O) groups excluding carboxylic acids is 1. The van der Waals surface area contributed by atoms with Gasteiger partial charge in [-0.3, -0.25) is 4.79 Å². The third kappa shape index (κ3) is 3.53. The molecule has 0 fully saturated rings. The topological polar surface area (TPSA) is 46.3 Å². The molecule has 0 aromatic heterocycles. The van der Waals surface area contributed by atoms with E-state index in [0.29, 0.717) is 13.1 Å². The Morgan fingerprint density at radius 1 is 1.44 bits per heavy atom. The number of nitrogens with two attached hydrogens (primary N) is 1. The molecule has 100 valence electrons. The minimum Gasteiger partial charge on any atom is -0.341 e. The molecule has 1 aromatic rings. The molecule has 0 unspecified atom stereocenters. The fraction of sp³-hybridized carbons (Fsp3) is 0.500. The minimum absolute atomic E-state index is 0.116. The summed E-state index contributed by atoms with van der Waals surface area (Å²) in [6.07, 6.45) is 0. The van der Waals surface area contributed by atoms with E-state index in [4.69, 9.17) is 5.73 Å². The van der Waals surface area contributed by atoms with Gasteiger partial charge in [0.1, 0.15) is 5.82 Å². The van der Waals surface area contributed by atoms with Gasteiger partial charge in [-0.25, -0.2) is 4.39 Å². The molecule has 0 bridgehead atoms. The molecule has 0 aliphatic rings. The number of carbonyl (C=O) groups is 1. The quantitative estimate of drug-likeness (QED) is 0.893. The summed E-state index contributed by atoms with van der Waals surface area (Å²) in [4.78, 5) is 13.7. The zero-order chi connectivity index (χ0) is 13.9. The van der Waals surface area contributed by atoms with Crippen LogP contribution in [0.5, 0.6) is 0 Å². The Balaban J connectivity index is 2.90. The first-order valence-electron chi connectivity index (χ1n) is 5.98. The van der Waals surface area contributed by atoms with Gasteiger partial charge in [0, 0.05) is 13.6 Å². The van der Waals surface area contributed by atoms with Gasteiger partial charge < -0.3 is 10.6 Å². The summed E-state index contributed by atoms with van der Waals surface area (Å²) >= 11 is 0. The van der Waals surface area contributed by atoms with Crippen LogP contribution >= 0.6 is 0 Å². The standard InChI is InChI=1S/C14H21FN2O/c1-10-5-6-12(15)11(7-10)13(18)17(4)9-14(2,3)8-16/h5-7H,8-9,16H2,1-4H3. The van der Waals surface area contributed by atoms with Crippen LogP contribution in [0, 0.1) is 18.2 Å². The molecule has 0 spiro atoms. The Bertz CT molecular complexity index is 443. The number of aryl methyl sites for hydroxylation is 1. The summed E-state index contributed by atoms with van der Waals surface area (Å²) in [6.45, 7) is 6.75. The second-order valence-electron chi connectivity index (χ2n) is 5.51. The molecule has 0 saturated heterocycles. The molecule has 0 aliphatic carbocycles. The Hall–Kier alpha value is -1.42. The van der Waals surface area contributed by atoms with Crippen LogP contribution in [0.4, 0.5) is 4.39 Å². The highest BCUT2D eigenvalue weighted by Gasteiger charge is 2.23. The Morgan fingerprint density at radius 2 is 2.06 bits per heavy atom. The average molecular weight is 252 g/mol. The third-order valence-electron chi connectivity index (χ3n) is 2.92. The van der Waals surface area contributed by atoms with Gasteiger partial charge in [0.25, 0.3) is 5.91 Å². The Morgan fingerprint density at radius 3 is 2.61 bits per heavy atom. The van der Waals surface area contributed by atoms with E-state index in [-0.39, 0.29) is 16.9 Å². The second-order valence-corrected chi connectivity index (χ2v) is 5.51. The molecular formula is C14H21FN2O. The molecule has 4 heteroatoms. The first kappa shape index (κ1) is 14.6. The van der Waals surface area contributed by atoms with Crippen LogP contribution in [-0.4, -0.2) is 30.9 Å². The summed E-state index contributed by atoms with van der Waals surface area (Å²) in [5.74, 6) is -0.791. The highest BCUT2D eigenvalue weighted by Crippen LogP contribution is 2.17. The number of nitrogens with zero attached hydrogens (tertiary/aromatic N) is 1. The maximum atomic E-state index is 13.6. The summed E-state index contributed by atoms with van der Waals surface area (Å²) in [5, 5.41) is 0. The van der Waals surface area contributed by atoms with Crippen molar-refractivity contribution in [2.75, 3.05) is 20.1 Å². The van der Waals surface area contributed by atoms with E-state index in [2.05, 4.69) is 0 Å². The molecule has 1 aromatic carbocycles. The van der Waals surface area contributed by atoms with Crippen LogP contribution in [0.1, 0.15) is 29.8 Å². The summed E-state index contributed by atoms with van der Waals surface area (Å²) in [6, 6.07) is 4.55. The lowest BCUT2D eigenvalue weighted by atomic mass is 9.93. The zero-order valence-corrected chi connectivity index (χ0v) is 11.5. The second kappa shape index (κ2) is 5.48. The van der Waals surface area contributed by atoms with E-state index in [0.717, 1.165) is 5.56 Å². The van der Waals surface area contributed by atoms with Gasteiger partial charge in [-0.2, -0.15) is 0 Å². The number of benzene rings is 1. The molecule has 3 nitrogen and oxygen atoms in total. The number of hydrogen-bond donors (Lipinski definition) is 1. The SMILES string of the molecule is Cc1ccc(F)c(C(=O)N(C)CC(C)(C)CN)c1. The number of halogens is 1. The van der Waals surface area contributed by atoms with E-state index < -0.39 is 5.82 Å². The minimum atomic E-state index is -0.483. The fourth-order valence-corrected chi connectivity index (χ4v) is 1.79. The van der Waals surface area contributed by atoms with Gasteiger partial charge in [-0.05, 0) is 31.0 Å². The van der Waals surface area contributed by atoms with Crippen LogP contribution in [0.15, 0.2) is 18.2 Å². The van der Waals surface area contributed by atoms with Gasteiger partial charge in [0.15, 0.2) is 0 Å². The van der Waals surface area contributed by atoms with E-state index in [1.807, 2.05) is 20.8 Å². The van der Waals surface area contributed by atoms with Crippen molar-refractivity contribution in [1.82, 2.24) is 4.90 Å². The lowest BCUT2D eigenvalue weighted by molar-refractivity contribution is 0.0736. The molecule has 0 saturated carbocycles. The van der Waals surface area contributed by atoms with E-state index in [9.17, 15) is 9.18 Å². The summed E-state index contributed by atoms with van der Waals surface area (Å²) in [7, 11) is 1.67. The first-order valence-corrected chi connectivity index (χ1v) is 5.98. The third-order valence-corrected chi connectivity index (χ3v) is 2.92. The zero-order valence-electron chi connectivity index (χ0n) is 11.5. The molecule has 0 heterocycles. The van der Waals surface area contributed by atoms with Gasteiger partial charge in [0.05, 0.1) is 5.56 Å². The monoisotopic (exact) mass is 252 g/mol. The van der Waals surface area contributed by atoms with E-state index >= 15 is 0 Å². The summed E-state index contributed by atoms with van der Waals surface area (Å²) in [5.41, 5.74) is 6.44. The first-order chi connectivity index (χ1) is 8.26. The van der Waals surface area contributed by atoms with Crippen molar-refractivity contribution >= 4 is 5.91 Å². The molecule has 1 amide bonds. The molecular weight excluding hydrogens is 231 g/mol. The van der Waals surface area contributed by atoms with Gasteiger partial charge in [-0.1, -0.05) is 25.5 Å². The van der Waals surface area contributed by atoms with Crippen molar-refractivity contribution in [3.05, 3.63) is 35.1 Å². The van der Waals surface area contributed by atoms with Crippen LogP contribution < -0.4 is 5.73 Å². The molecule has 2 N–H and O–H groups in total. The highest BCUT2D eigenvalue weighted by molar-refractivity contribution is 5.94. The largest absolute Gasteiger partial charge is 0.341 e. The van der Waals surface area contributed by atoms with Gasteiger partial charge in [0.2, 0.25) is 0 Å². The van der Waals surface area contributed by atoms with E-state index in [1.165, 1.54) is 11.0 Å². The van der Waals surface area contributed by atoms with Gasteiger partial charge >= 0.3 is 0 Å². The van der Waals surface area contributed by atoms with Crippen molar-refractivity contribution in [1.29, 1.82) is 0 Å².